The second-order valence-electron chi connectivity index (χ2n) is 4.36. The van der Waals surface area contributed by atoms with Crippen LogP contribution >= 0.6 is 0 Å². The molecule has 4 nitrogen and oxygen atoms in total. The lowest BCUT2D eigenvalue weighted by Crippen LogP contribution is -2.19. The maximum atomic E-state index is 11.5. The van der Waals surface area contributed by atoms with Crippen molar-refractivity contribution in [3.05, 3.63) is 30.3 Å². The molecule has 1 aromatic carbocycles. The molecule has 1 aliphatic heterocycles. The maximum absolute atomic E-state index is 11.5. The van der Waals surface area contributed by atoms with Crippen molar-refractivity contribution in [2.24, 2.45) is 0 Å². The minimum absolute atomic E-state index is 0.107. The number of para-hydroxylation sites is 1. The van der Waals surface area contributed by atoms with Gasteiger partial charge in [-0.2, -0.15) is 0 Å². The lowest BCUT2D eigenvalue weighted by atomic mass is 10.2. The number of esters is 1. The Morgan fingerprint density at radius 1 is 1.39 bits per heavy atom. The van der Waals surface area contributed by atoms with Crippen molar-refractivity contribution >= 4 is 11.7 Å². The van der Waals surface area contributed by atoms with Gasteiger partial charge in [-0.15, -0.1) is 0 Å². The summed E-state index contributed by atoms with van der Waals surface area (Å²) in [4.78, 5) is 11.5. The van der Waals surface area contributed by atoms with Crippen LogP contribution in [0.3, 0.4) is 0 Å². The van der Waals surface area contributed by atoms with E-state index in [-0.39, 0.29) is 12.1 Å². The third-order valence-electron chi connectivity index (χ3n) is 2.89. The molecule has 1 N–H and O–H groups in total. The number of benzene rings is 1. The van der Waals surface area contributed by atoms with Gasteiger partial charge in [0.2, 0.25) is 0 Å². The summed E-state index contributed by atoms with van der Waals surface area (Å²) in [6.45, 7) is 1.77. The monoisotopic (exact) mass is 249 g/mol. The molecular formula is C14H19NO3. The summed E-state index contributed by atoms with van der Waals surface area (Å²) in [6, 6.07) is 9.81. The summed E-state index contributed by atoms with van der Waals surface area (Å²) in [5.41, 5.74) is 1.02. The highest BCUT2D eigenvalue weighted by molar-refractivity contribution is 5.70. The summed E-state index contributed by atoms with van der Waals surface area (Å²) >= 11 is 0. The molecular weight excluding hydrogens is 230 g/mol. The molecule has 4 heteroatoms. The van der Waals surface area contributed by atoms with Gasteiger partial charge < -0.3 is 14.8 Å². The Kier molecular flexibility index (Phi) is 5.02. The van der Waals surface area contributed by atoms with Crippen LogP contribution in [0.5, 0.6) is 0 Å². The first-order valence-corrected chi connectivity index (χ1v) is 6.41. The van der Waals surface area contributed by atoms with Gasteiger partial charge in [-0.3, -0.25) is 4.79 Å². The van der Waals surface area contributed by atoms with Crippen LogP contribution in [0.15, 0.2) is 30.3 Å². The lowest BCUT2D eigenvalue weighted by molar-refractivity contribution is -0.146. The van der Waals surface area contributed by atoms with E-state index >= 15 is 0 Å². The van der Waals surface area contributed by atoms with Gasteiger partial charge in [-0.05, 0) is 25.0 Å². The van der Waals surface area contributed by atoms with Crippen molar-refractivity contribution in [1.82, 2.24) is 0 Å². The number of rotatable bonds is 6. The molecule has 1 unspecified atom stereocenters. The van der Waals surface area contributed by atoms with Gasteiger partial charge in [0.15, 0.2) is 0 Å². The van der Waals surface area contributed by atoms with Crippen molar-refractivity contribution in [3.63, 3.8) is 0 Å². The highest BCUT2D eigenvalue weighted by Crippen LogP contribution is 2.12. The molecule has 0 spiro atoms. The number of carbonyl (C=O) groups excluding carboxylic acids is 1. The summed E-state index contributed by atoms with van der Waals surface area (Å²) in [5.74, 6) is -0.172. The van der Waals surface area contributed by atoms with Crippen LogP contribution in [0.4, 0.5) is 5.69 Å². The average Bonchev–Trinajstić information content (AvgIpc) is 2.91. The zero-order chi connectivity index (χ0) is 12.6. The number of anilines is 1. The Morgan fingerprint density at radius 3 is 2.94 bits per heavy atom. The third-order valence-corrected chi connectivity index (χ3v) is 2.89. The van der Waals surface area contributed by atoms with Crippen molar-refractivity contribution in [2.75, 3.05) is 25.1 Å². The van der Waals surface area contributed by atoms with Gasteiger partial charge in [0, 0.05) is 18.8 Å². The molecule has 1 heterocycles. The number of hydrogen-bond donors (Lipinski definition) is 1. The minimum Gasteiger partial charge on any atom is -0.463 e. The van der Waals surface area contributed by atoms with E-state index in [1.54, 1.807) is 0 Å². The maximum Gasteiger partial charge on any atom is 0.307 e. The second-order valence-corrected chi connectivity index (χ2v) is 4.36. The van der Waals surface area contributed by atoms with Gasteiger partial charge >= 0.3 is 5.97 Å². The Morgan fingerprint density at radius 2 is 2.22 bits per heavy atom. The Labute approximate surface area is 107 Å². The summed E-state index contributed by atoms with van der Waals surface area (Å²) < 4.78 is 10.5. The molecule has 0 amide bonds. The fraction of sp³-hybridized carbons (Fsp3) is 0.500. The van der Waals surface area contributed by atoms with Crippen LogP contribution < -0.4 is 5.32 Å². The molecule has 0 aliphatic carbocycles. The molecule has 0 radical (unpaired) electrons. The van der Waals surface area contributed by atoms with Gasteiger partial charge in [0.1, 0.15) is 6.61 Å². The van der Waals surface area contributed by atoms with E-state index in [0.717, 1.165) is 25.1 Å². The van der Waals surface area contributed by atoms with Gasteiger partial charge in [-0.25, -0.2) is 0 Å². The first kappa shape index (κ1) is 12.9. The highest BCUT2D eigenvalue weighted by Gasteiger charge is 2.17. The zero-order valence-corrected chi connectivity index (χ0v) is 10.4. The third kappa shape index (κ3) is 4.37. The average molecular weight is 249 g/mol. The Hall–Kier alpha value is -1.55. The summed E-state index contributed by atoms with van der Waals surface area (Å²) in [7, 11) is 0. The SMILES string of the molecule is O=C(CCNc1ccccc1)OCC1CCCO1. The number of carbonyl (C=O) groups is 1. The predicted octanol–water partition coefficient (Wildman–Crippen LogP) is 2.21. The first-order chi connectivity index (χ1) is 8.84. The fourth-order valence-corrected chi connectivity index (χ4v) is 1.90. The van der Waals surface area contributed by atoms with Gasteiger partial charge in [0.25, 0.3) is 0 Å². The quantitative estimate of drug-likeness (QED) is 0.785. The molecule has 18 heavy (non-hydrogen) atoms. The van der Waals surface area contributed by atoms with E-state index in [2.05, 4.69) is 5.32 Å². The number of nitrogens with one attached hydrogen (secondary N) is 1. The smallest absolute Gasteiger partial charge is 0.307 e. The van der Waals surface area contributed by atoms with E-state index in [4.69, 9.17) is 9.47 Å². The van der Waals surface area contributed by atoms with Gasteiger partial charge in [0.05, 0.1) is 12.5 Å². The molecule has 0 aromatic heterocycles. The topological polar surface area (TPSA) is 47.6 Å². The van der Waals surface area contributed by atoms with E-state index in [1.165, 1.54) is 0 Å². The van der Waals surface area contributed by atoms with Crippen molar-refractivity contribution in [2.45, 2.75) is 25.4 Å². The zero-order valence-electron chi connectivity index (χ0n) is 10.4. The molecule has 1 aromatic rings. The van der Waals surface area contributed by atoms with E-state index in [9.17, 15) is 4.79 Å². The molecule has 1 atom stereocenters. The standard InChI is InChI=1S/C14H19NO3/c16-14(18-11-13-7-4-10-17-13)8-9-15-12-5-2-1-3-6-12/h1-3,5-6,13,15H,4,7-11H2. The van der Waals surface area contributed by atoms with Crippen LogP contribution in [-0.2, 0) is 14.3 Å². The van der Waals surface area contributed by atoms with Crippen LogP contribution in [0, 0.1) is 0 Å². The lowest BCUT2D eigenvalue weighted by Gasteiger charge is -2.10. The first-order valence-electron chi connectivity index (χ1n) is 6.41. The van der Waals surface area contributed by atoms with Crippen molar-refractivity contribution in [3.8, 4) is 0 Å². The van der Waals surface area contributed by atoms with Crippen molar-refractivity contribution < 1.29 is 14.3 Å². The van der Waals surface area contributed by atoms with Crippen LogP contribution in [0.25, 0.3) is 0 Å². The molecule has 0 bridgehead atoms. The number of ether oxygens (including phenoxy) is 2. The molecule has 1 aliphatic rings. The van der Waals surface area contributed by atoms with Gasteiger partial charge in [-0.1, -0.05) is 18.2 Å². The predicted molar refractivity (Wildman–Crippen MR) is 69.5 cm³/mol. The van der Waals surface area contributed by atoms with E-state index in [0.29, 0.717) is 19.6 Å². The summed E-state index contributed by atoms with van der Waals surface area (Å²) in [6.07, 6.45) is 2.55. The van der Waals surface area contributed by atoms with E-state index in [1.807, 2.05) is 30.3 Å². The summed E-state index contributed by atoms with van der Waals surface area (Å²) in [5, 5.41) is 3.17. The molecule has 0 saturated carbocycles. The van der Waals surface area contributed by atoms with Crippen LogP contribution in [0.1, 0.15) is 19.3 Å². The fourth-order valence-electron chi connectivity index (χ4n) is 1.90. The van der Waals surface area contributed by atoms with E-state index < -0.39 is 0 Å². The minimum atomic E-state index is -0.172. The van der Waals surface area contributed by atoms with Crippen molar-refractivity contribution in [1.29, 1.82) is 0 Å². The molecule has 1 saturated heterocycles. The molecule has 98 valence electrons. The molecule has 2 rings (SSSR count). The molecule has 1 fully saturated rings. The Bertz CT molecular complexity index is 361. The van der Waals surface area contributed by atoms with Crippen LogP contribution in [0.2, 0.25) is 0 Å². The largest absolute Gasteiger partial charge is 0.463 e. The number of hydrogen-bond acceptors (Lipinski definition) is 4. The highest BCUT2D eigenvalue weighted by atomic mass is 16.6. The Balaban J connectivity index is 1.57. The van der Waals surface area contributed by atoms with Crippen LogP contribution in [-0.4, -0.2) is 31.8 Å². The normalized spacial score (nSPS) is 18.6. The second kappa shape index (κ2) is 7.01.